The molecule has 5 amide bonds. The maximum atomic E-state index is 13.0. The lowest BCUT2D eigenvalue weighted by atomic mass is 9.93. The monoisotopic (exact) mass is 1520 g/mol. The van der Waals surface area contributed by atoms with Crippen molar-refractivity contribution >= 4 is 29.5 Å². The molecule has 46 nitrogen and oxygen atoms in total. The Morgan fingerprint density at radius 3 is 0.942 bits per heavy atom. The van der Waals surface area contributed by atoms with Crippen LogP contribution in [0.4, 0.5) is 0 Å². The van der Waals surface area contributed by atoms with Crippen molar-refractivity contribution in [3.05, 3.63) is 0 Å². The lowest BCUT2D eigenvalue weighted by Crippen LogP contribution is -2.70. The summed E-state index contributed by atoms with van der Waals surface area (Å²) in [6, 6.07) is -8.69. The zero-order valence-electron chi connectivity index (χ0n) is 56.3. The number of hydrogen-bond donors (Lipinski definition) is 26. The first-order chi connectivity index (χ1) is 49.1. The van der Waals surface area contributed by atoms with Crippen molar-refractivity contribution in [2.24, 2.45) is 0 Å². The molecule has 0 aromatic rings. The van der Waals surface area contributed by atoms with Crippen LogP contribution in [-0.2, 0) is 95.0 Å². The Bertz CT molecular complexity index is 2770. The highest BCUT2D eigenvalue weighted by Crippen LogP contribution is 2.39. The maximum Gasteiger partial charge on any atom is 0.217 e. The molecule has 104 heavy (non-hydrogen) atoms. The van der Waals surface area contributed by atoms with Crippen LogP contribution in [0.5, 0.6) is 0 Å². The Labute approximate surface area is 589 Å². The van der Waals surface area contributed by atoms with Gasteiger partial charge in [-0.3, -0.25) is 24.0 Å². The number of ether oxygens (including phenoxy) is 15. The Morgan fingerprint density at radius 1 is 0.250 bits per heavy atom. The molecular formula is C58H97N5O41. The molecule has 0 bridgehead atoms. The Kier molecular flexibility index (Phi) is 30.9. The van der Waals surface area contributed by atoms with Gasteiger partial charge < -0.3 is 205 Å². The number of amides is 5. The number of rotatable bonds is 27. The topological polar surface area (TPSA) is 709 Å². The third-order valence-corrected chi connectivity index (χ3v) is 18.6. The molecular weight excluding hydrogens is 1420 g/mol. The molecule has 8 saturated heterocycles. The van der Waals surface area contributed by atoms with Crippen molar-refractivity contribution in [2.45, 2.75) is 280 Å². The van der Waals surface area contributed by atoms with E-state index in [1.165, 1.54) is 0 Å². The quantitative estimate of drug-likeness (QED) is 0.0363. The van der Waals surface area contributed by atoms with Crippen molar-refractivity contribution in [3.8, 4) is 0 Å². The van der Waals surface area contributed by atoms with Gasteiger partial charge in [-0.1, -0.05) is 0 Å². The van der Waals surface area contributed by atoms with Gasteiger partial charge in [0.1, 0.15) is 195 Å². The number of carbonyl (C=O) groups is 5. The summed E-state index contributed by atoms with van der Waals surface area (Å²) in [7, 11) is 0. The second-order valence-corrected chi connectivity index (χ2v) is 26.1. The van der Waals surface area contributed by atoms with Crippen LogP contribution in [-0.4, -0.2) is 435 Å². The number of aliphatic hydroxyl groups is 21. The predicted molar refractivity (Wildman–Crippen MR) is 322 cm³/mol. The molecule has 8 heterocycles. The van der Waals surface area contributed by atoms with Gasteiger partial charge in [0.25, 0.3) is 0 Å². The van der Waals surface area contributed by atoms with E-state index in [-0.39, 0.29) is 0 Å². The van der Waals surface area contributed by atoms with Crippen LogP contribution >= 0.6 is 0 Å². The molecule has 0 aliphatic carbocycles. The van der Waals surface area contributed by atoms with Crippen molar-refractivity contribution in [3.63, 3.8) is 0 Å². The van der Waals surface area contributed by atoms with E-state index in [0.717, 1.165) is 34.6 Å². The molecule has 26 N–H and O–H groups in total. The number of hydrogen-bond acceptors (Lipinski definition) is 41. The fourth-order valence-corrected chi connectivity index (χ4v) is 13.3. The first-order valence-corrected chi connectivity index (χ1v) is 33.1. The van der Waals surface area contributed by atoms with E-state index in [4.69, 9.17) is 71.1 Å². The highest BCUT2D eigenvalue weighted by atomic mass is 16.8. The average molecular weight is 1520 g/mol. The summed E-state index contributed by atoms with van der Waals surface area (Å²) in [5.74, 6) is -4.21. The maximum absolute atomic E-state index is 13.0. The molecule has 0 spiro atoms. The molecule has 600 valence electrons. The number of aliphatic hydroxyl groups excluding tert-OH is 21. The molecule has 46 heteroatoms. The van der Waals surface area contributed by atoms with Crippen molar-refractivity contribution in [2.75, 3.05) is 52.9 Å². The third-order valence-electron chi connectivity index (χ3n) is 18.6. The van der Waals surface area contributed by atoms with Crippen molar-refractivity contribution < 1.29 is 202 Å². The molecule has 8 fully saturated rings. The van der Waals surface area contributed by atoms with Crippen molar-refractivity contribution in [1.82, 2.24) is 26.6 Å². The second-order valence-electron chi connectivity index (χ2n) is 26.1. The van der Waals surface area contributed by atoms with E-state index in [2.05, 4.69) is 26.6 Å². The summed E-state index contributed by atoms with van der Waals surface area (Å²) < 4.78 is 89.4. The smallest absolute Gasteiger partial charge is 0.217 e. The summed E-state index contributed by atoms with van der Waals surface area (Å²) in [4.78, 5) is 62.4. The molecule has 0 radical (unpaired) electrons. The summed E-state index contributed by atoms with van der Waals surface area (Å²) in [6.07, 6.45) is -71.6. The summed E-state index contributed by atoms with van der Waals surface area (Å²) >= 11 is 0. The van der Waals surface area contributed by atoms with Crippen LogP contribution in [0.15, 0.2) is 0 Å². The first kappa shape index (κ1) is 85.5. The summed E-state index contributed by atoms with van der Waals surface area (Å²) in [6.45, 7) is -3.40. The average Bonchev–Trinajstić information content (AvgIpc) is 0.770. The van der Waals surface area contributed by atoms with E-state index < -0.39 is 328 Å². The van der Waals surface area contributed by atoms with E-state index in [1.807, 2.05) is 0 Å². The normalized spacial score (nSPS) is 47.2. The van der Waals surface area contributed by atoms with Crippen LogP contribution in [0.25, 0.3) is 0 Å². The molecule has 0 aromatic heterocycles. The molecule has 3 unspecified atom stereocenters. The van der Waals surface area contributed by atoms with Crippen LogP contribution in [0.2, 0.25) is 0 Å². The lowest BCUT2D eigenvalue weighted by Gasteiger charge is -2.51. The Morgan fingerprint density at radius 2 is 0.519 bits per heavy atom. The van der Waals surface area contributed by atoms with Crippen molar-refractivity contribution in [1.29, 1.82) is 0 Å². The van der Waals surface area contributed by atoms with Gasteiger partial charge in [0.15, 0.2) is 50.3 Å². The lowest BCUT2D eigenvalue weighted by molar-refractivity contribution is -0.396. The number of carbonyl (C=O) groups excluding carboxylic acids is 5. The van der Waals surface area contributed by atoms with Gasteiger partial charge in [0.05, 0.1) is 52.9 Å². The standard InChI is InChI=1S/C58H97N5O41/c1-14(70)59-27-41(84)46(23(10-68)92-51(27)89)100-55-31(63-18(5)74)42(85)47(24(11-69)97-55)101-56-45(88)48(102-58-50(43(86)35(78)22(9-67)96-58)104-54-30(62-17(4)73)40(83)34(77)21(8-66)95-54)37(80)26(98-56)13-91-57-49(103-53-29(61-16(3)72)39(82)33(76)20(7-65)94-53)44(87)36(79)25(99-57)12-90-52-28(60-15(2)71)38(81)32(75)19(6-64)93-52/h19-58,64-69,75-89H,6-13H2,1-5H3,(H,59,70)(H,60,71)(H,61,72)(H,62,73)(H,63,74)/t19-,20-,21-,22-,23-,24-,25-,26-,27-,28-,29-,30+,31-,32-,33-,34-,35-,36-,37-,38-,39-,40-,41-,42-,43+,44+,45+,46-,47-,48+,49+,50+,51-,52?,53?,54?,55+,56+,57+,58-/m1/s1. The SMILES string of the molecule is CC(=O)N[C@@H]1[C@@H](O)[C@H](O[C@@H]2O[C@H](CO)[C@@H](O[C@@H]3O[C@H](CO[C@H]4O[C@H](COC5O[C@H](CO)[C@@H](O)[C@H](O)[C@H]5NC(C)=O)[C@@H](O)[C@H](O)[C@@H]4OC4O[C@H](CO)[C@@H](O)[C@H](O)[C@H]4NC(C)=O)[C@@H](O)[C@H](O[C@H]4O[C@H](CO)[C@@H](O)[C@H](O)[C@@H]4OC4O[C@H](CO)[C@@H](O)[C@H](O)[C@@H]4NC(C)=O)[C@@H]3O)[C@H](O)[C@H]2NC(C)=O)[C@@H](CO)O[C@H]1O. The largest absolute Gasteiger partial charge is 0.394 e. The first-order valence-electron chi connectivity index (χ1n) is 33.1. The van der Waals surface area contributed by atoms with Gasteiger partial charge >= 0.3 is 0 Å². The molecule has 8 aliphatic rings. The van der Waals surface area contributed by atoms with Crippen LogP contribution in [0, 0.1) is 0 Å². The zero-order chi connectivity index (χ0) is 76.8. The fourth-order valence-electron chi connectivity index (χ4n) is 13.3. The molecule has 0 aromatic carbocycles. The third kappa shape index (κ3) is 19.4. The molecule has 0 saturated carbocycles. The summed E-state index contributed by atoms with van der Waals surface area (Å²) in [5, 5.41) is 246. The van der Waals surface area contributed by atoms with Crippen LogP contribution in [0.3, 0.4) is 0 Å². The fraction of sp³-hybridized carbons (Fsp3) is 0.914. The van der Waals surface area contributed by atoms with E-state index >= 15 is 0 Å². The van der Waals surface area contributed by atoms with Gasteiger partial charge in [-0.25, -0.2) is 0 Å². The zero-order valence-corrected chi connectivity index (χ0v) is 56.3. The Balaban J connectivity index is 1.18. The van der Waals surface area contributed by atoms with Gasteiger partial charge in [-0.2, -0.15) is 0 Å². The highest BCUT2D eigenvalue weighted by molar-refractivity contribution is 5.75. The predicted octanol–water partition coefficient (Wildman–Crippen LogP) is -17.7. The minimum absolute atomic E-state index is 0.775. The number of nitrogens with one attached hydrogen (secondary N) is 5. The molecule has 8 aliphatic heterocycles. The molecule has 8 rings (SSSR count). The van der Waals surface area contributed by atoms with E-state index in [9.17, 15) is 131 Å². The van der Waals surface area contributed by atoms with Gasteiger partial charge in [-0.15, -0.1) is 0 Å². The van der Waals surface area contributed by atoms with Gasteiger partial charge in [0, 0.05) is 34.6 Å². The van der Waals surface area contributed by atoms with E-state index in [0.29, 0.717) is 0 Å². The Hall–Kier alpha value is -4.09. The highest BCUT2D eigenvalue weighted by Gasteiger charge is 2.60. The minimum Gasteiger partial charge on any atom is -0.394 e. The summed E-state index contributed by atoms with van der Waals surface area (Å²) in [5.41, 5.74) is 0. The second kappa shape index (κ2) is 37.5. The van der Waals surface area contributed by atoms with Crippen LogP contribution < -0.4 is 26.6 Å². The molecule has 40 atom stereocenters. The minimum atomic E-state index is -2.53. The van der Waals surface area contributed by atoms with Gasteiger partial charge in [-0.05, 0) is 0 Å². The van der Waals surface area contributed by atoms with E-state index in [1.54, 1.807) is 0 Å². The van der Waals surface area contributed by atoms with Gasteiger partial charge in [0.2, 0.25) is 29.5 Å². The van der Waals surface area contributed by atoms with Crippen LogP contribution in [0.1, 0.15) is 34.6 Å².